The molecule has 0 aliphatic carbocycles. The number of ether oxygens (including phenoxy) is 2. The fourth-order valence-electron chi connectivity index (χ4n) is 1.60. The van der Waals surface area contributed by atoms with Crippen LogP contribution >= 0.6 is 0 Å². The van der Waals surface area contributed by atoms with E-state index in [0.717, 1.165) is 5.69 Å². The molecule has 0 aliphatic heterocycles. The van der Waals surface area contributed by atoms with E-state index in [1.807, 2.05) is 17.4 Å². The van der Waals surface area contributed by atoms with Gasteiger partial charge in [-0.15, -0.1) is 0 Å². The molecule has 26 heavy (non-hydrogen) atoms. The number of nitrogens with one attached hydrogen (secondary N) is 2. The second-order valence-electron chi connectivity index (χ2n) is 4.98. The number of hydrogen-bond acceptors (Lipinski definition) is 7. The van der Waals surface area contributed by atoms with Crippen molar-refractivity contribution < 1.29 is 33.8 Å². The lowest BCUT2D eigenvalue weighted by molar-refractivity contribution is -0.137. The van der Waals surface area contributed by atoms with Gasteiger partial charge < -0.3 is 30.1 Å². The van der Waals surface area contributed by atoms with Gasteiger partial charge in [-0.3, -0.25) is 14.6 Å². The maximum absolute atomic E-state index is 11.7. The van der Waals surface area contributed by atoms with Gasteiger partial charge in [0.05, 0.1) is 0 Å². The summed E-state index contributed by atoms with van der Waals surface area (Å²) in [7, 11) is 1.53. The highest BCUT2D eigenvalue weighted by molar-refractivity contribution is 5.84. The van der Waals surface area contributed by atoms with E-state index in [2.05, 4.69) is 15.0 Å². The molecule has 3 amide bonds. The van der Waals surface area contributed by atoms with Gasteiger partial charge in [0.25, 0.3) is 0 Å². The van der Waals surface area contributed by atoms with Crippen molar-refractivity contribution >= 4 is 24.1 Å². The van der Waals surface area contributed by atoms with Crippen LogP contribution in [0.25, 0.3) is 0 Å². The summed E-state index contributed by atoms with van der Waals surface area (Å²) in [4.78, 5) is 49.9. The van der Waals surface area contributed by atoms with Crippen LogP contribution < -0.4 is 10.6 Å². The third-order valence-electron chi connectivity index (χ3n) is 2.94. The normalized spacial score (nSPS) is 9.73. The number of aliphatic carboxylic acids is 1. The quantitative estimate of drug-likeness (QED) is 0.498. The molecular formula is C15H20N4O7. The molecule has 0 atom stereocenters. The van der Waals surface area contributed by atoms with Crippen molar-refractivity contribution in [2.24, 2.45) is 0 Å². The van der Waals surface area contributed by atoms with Crippen molar-refractivity contribution in [1.29, 1.82) is 0 Å². The molecule has 0 spiro atoms. The summed E-state index contributed by atoms with van der Waals surface area (Å²) in [5.41, 5.74) is 0.823. The minimum Gasteiger partial charge on any atom is -0.480 e. The standard InChI is InChI=1S/C15H20N4O7/c1-19(7-5-11-4-2-3-6-16-11)15(24)26-10-25-14(23)18-8-12(20)17-9-13(21)22/h2-4,6H,5,7-10H2,1H3,(H,17,20)(H,18,23)(H,21,22). The second kappa shape index (κ2) is 11.2. The van der Waals surface area contributed by atoms with Crippen molar-refractivity contribution in [3.05, 3.63) is 30.1 Å². The van der Waals surface area contributed by atoms with Crippen molar-refractivity contribution in [2.75, 3.05) is 33.5 Å². The molecule has 0 saturated carbocycles. The molecule has 1 aromatic rings. The van der Waals surface area contributed by atoms with Gasteiger partial charge in [-0.2, -0.15) is 0 Å². The SMILES string of the molecule is CN(CCc1ccccn1)C(=O)OCOC(=O)NCC(=O)NCC(=O)O. The molecule has 0 saturated heterocycles. The number of carboxylic acids is 1. The van der Waals surface area contributed by atoms with Crippen LogP contribution in [-0.2, 0) is 25.5 Å². The lowest BCUT2D eigenvalue weighted by Gasteiger charge is -2.16. The number of amides is 3. The number of carbonyl (C=O) groups is 4. The molecule has 0 radical (unpaired) electrons. The predicted molar refractivity (Wildman–Crippen MR) is 87.0 cm³/mol. The molecule has 1 heterocycles. The predicted octanol–water partition coefficient (Wildman–Crippen LogP) is -0.423. The van der Waals surface area contributed by atoms with E-state index >= 15 is 0 Å². The summed E-state index contributed by atoms with van der Waals surface area (Å²) in [6.07, 6.45) is 0.522. The molecule has 1 aromatic heterocycles. The Morgan fingerprint density at radius 1 is 1.15 bits per heavy atom. The summed E-state index contributed by atoms with van der Waals surface area (Å²) in [5.74, 6) is -1.91. The number of nitrogens with zero attached hydrogens (tertiary/aromatic N) is 2. The van der Waals surface area contributed by atoms with Crippen LogP contribution in [0.15, 0.2) is 24.4 Å². The maximum atomic E-state index is 11.7. The summed E-state index contributed by atoms with van der Waals surface area (Å²) in [5, 5.41) is 12.5. The first kappa shape index (κ1) is 20.7. The topological polar surface area (TPSA) is 147 Å². The van der Waals surface area contributed by atoms with E-state index in [-0.39, 0.29) is 0 Å². The average molecular weight is 368 g/mol. The maximum Gasteiger partial charge on any atom is 0.412 e. The lowest BCUT2D eigenvalue weighted by atomic mass is 10.2. The molecule has 0 unspecified atom stereocenters. The number of carbonyl (C=O) groups excluding carboxylic acids is 3. The minimum absolute atomic E-state index is 0.367. The van der Waals surface area contributed by atoms with Gasteiger partial charge in [-0.25, -0.2) is 9.59 Å². The summed E-state index contributed by atoms with van der Waals surface area (Å²) < 4.78 is 9.33. The molecule has 3 N–H and O–H groups in total. The van der Waals surface area contributed by atoms with Crippen LogP contribution in [0.2, 0.25) is 0 Å². The summed E-state index contributed by atoms with van der Waals surface area (Å²) >= 11 is 0. The van der Waals surface area contributed by atoms with Gasteiger partial charge in [-0.1, -0.05) is 6.07 Å². The van der Waals surface area contributed by atoms with E-state index in [9.17, 15) is 19.2 Å². The lowest BCUT2D eigenvalue weighted by Crippen LogP contribution is -2.39. The zero-order valence-corrected chi connectivity index (χ0v) is 14.1. The highest BCUT2D eigenvalue weighted by Crippen LogP contribution is 1.98. The number of alkyl carbamates (subject to hydrolysis) is 1. The third-order valence-corrected chi connectivity index (χ3v) is 2.94. The van der Waals surface area contributed by atoms with Crippen LogP contribution in [0.4, 0.5) is 9.59 Å². The van der Waals surface area contributed by atoms with Crippen LogP contribution in [-0.4, -0.2) is 72.5 Å². The molecule has 142 valence electrons. The van der Waals surface area contributed by atoms with Gasteiger partial charge in [0, 0.05) is 31.9 Å². The second-order valence-corrected chi connectivity index (χ2v) is 4.98. The molecule has 0 fully saturated rings. The highest BCUT2D eigenvalue weighted by atomic mass is 16.7. The van der Waals surface area contributed by atoms with Gasteiger partial charge in [0.1, 0.15) is 13.1 Å². The average Bonchev–Trinajstić information content (AvgIpc) is 2.63. The first-order chi connectivity index (χ1) is 12.4. The Bertz CT molecular complexity index is 624. The molecular weight excluding hydrogens is 348 g/mol. The Balaban J connectivity index is 2.15. The summed E-state index contributed by atoms with van der Waals surface area (Å²) in [6.45, 7) is -1.29. The molecule has 11 heteroatoms. The zero-order chi connectivity index (χ0) is 19.4. The van der Waals surface area contributed by atoms with Crippen LogP contribution in [0.1, 0.15) is 5.69 Å². The molecule has 0 bridgehead atoms. The van der Waals surface area contributed by atoms with E-state index in [1.54, 1.807) is 12.3 Å². The molecule has 0 aliphatic rings. The fourth-order valence-corrected chi connectivity index (χ4v) is 1.60. The van der Waals surface area contributed by atoms with Gasteiger partial charge >= 0.3 is 18.2 Å². The number of hydrogen-bond donors (Lipinski definition) is 3. The first-order valence-corrected chi connectivity index (χ1v) is 7.55. The van der Waals surface area contributed by atoms with Crippen LogP contribution in [0.5, 0.6) is 0 Å². The Kier molecular flexibility index (Phi) is 8.93. The van der Waals surface area contributed by atoms with E-state index in [1.165, 1.54) is 11.9 Å². The van der Waals surface area contributed by atoms with Gasteiger partial charge in [0.2, 0.25) is 12.7 Å². The highest BCUT2D eigenvalue weighted by Gasteiger charge is 2.12. The Hall–Kier alpha value is -3.37. The van der Waals surface area contributed by atoms with Crippen LogP contribution in [0.3, 0.4) is 0 Å². The zero-order valence-electron chi connectivity index (χ0n) is 14.1. The van der Waals surface area contributed by atoms with Crippen LogP contribution in [0, 0.1) is 0 Å². The summed E-state index contributed by atoms with van der Waals surface area (Å²) in [6, 6.07) is 5.47. The van der Waals surface area contributed by atoms with Gasteiger partial charge in [0.15, 0.2) is 0 Å². The monoisotopic (exact) mass is 368 g/mol. The minimum atomic E-state index is -1.21. The van der Waals surface area contributed by atoms with Gasteiger partial charge in [-0.05, 0) is 12.1 Å². The van der Waals surface area contributed by atoms with E-state index in [0.29, 0.717) is 13.0 Å². The molecule has 11 nitrogen and oxygen atoms in total. The van der Waals surface area contributed by atoms with E-state index in [4.69, 9.17) is 9.84 Å². The third kappa shape index (κ3) is 9.05. The van der Waals surface area contributed by atoms with Crippen molar-refractivity contribution in [2.45, 2.75) is 6.42 Å². The Morgan fingerprint density at radius 2 is 1.92 bits per heavy atom. The Morgan fingerprint density at radius 3 is 2.58 bits per heavy atom. The van der Waals surface area contributed by atoms with Crippen molar-refractivity contribution in [1.82, 2.24) is 20.5 Å². The number of aromatic nitrogens is 1. The number of pyridine rings is 1. The van der Waals surface area contributed by atoms with Crippen molar-refractivity contribution in [3.8, 4) is 0 Å². The van der Waals surface area contributed by atoms with Crippen molar-refractivity contribution in [3.63, 3.8) is 0 Å². The molecule has 0 aromatic carbocycles. The van der Waals surface area contributed by atoms with E-state index < -0.39 is 43.9 Å². The number of likely N-dealkylation sites (N-methyl/N-ethyl adjacent to an activating group) is 1. The number of rotatable bonds is 9. The number of carboxylic acid groups (broad SMARTS) is 1. The largest absolute Gasteiger partial charge is 0.480 e. The first-order valence-electron chi connectivity index (χ1n) is 7.55. The fraction of sp³-hybridized carbons (Fsp3) is 0.400. The smallest absolute Gasteiger partial charge is 0.412 e. The Labute approximate surface area is 149 Å². The molecule has 1 rings (SSSR count).